The summed E-state index contributed by atoms with van der Waals surface area (Å²) in [6.07, 6.45) is 2.06. The molecule has 0 spiro atoms. The van der Waals surface area contributed by atoms with E-state index in [4.69, 9.17) is 0 Å². The fraction of sp³-hybridized carbons (Fsp3) is 0.353. The van der Waals surface area contributed by atoms with Gasteiger partial charge in [-0.3, -0.25) is 9.69 Å². The lowest BCUT2D eigenvalue weighted by atomic mass is 10.1. The summed E-state index contributed by atoms with van der Waals surface area (Å²) >= 11 is 1.84. The molecule has 2 aliphatic heterocycles. The summed E-state index contributed by atoms with van der Waals surface area (Å²) in [5, 5.41) is 2.16. The molecule has 0 radical (unpaired) electrons. The van der Waals surface area contributed by atoms with Gasteiger partial charge in [-0.05, 0) is 41.5 Å². The summed E-state index contributed by atoms with van der Waals surface area (Å²) in [4.78, 5) is 18.3. The third-order valence-electron chi connectivity index (χ3n) is 4.43. The van der Waals surface area contributed by atoms with Crippen LogP contribution in [-0.4, -0.2) is 30.4 Å². The van der Waals surface area contributed by atoms with Crippen LogP contribution >= 0.6 is 11.3 Å². The van der Waals surface area contributed by atoms with Gasteiger partial charge in [-0.15, -0.1) is 11.3 Å². The monoisotopic (exact) mass is 298 g/mol. The summed E-state index contributed by atoms with van der Waals surface area (Å²) in [7, 11) is 0. The van der Waals surface area contributed by atoms with Crippen LogP contribution in [-0.2, 0) is 24.2 Å². The van der Waals surface area contributed by atoms with E-state index in [9.17, 15) is 4.79 Å². The Kier molecular flexibility index (Phi) is 3.28. The molecular formula is C17H18N2OS. The van der Waals surface area contributed by atoms with Crippen molar-refractivity contribution in [3.8, 4) is 0 Å². The van der Waals surface area contributed by atoms with Crippen LogP contribution in [0.4, 0.5) is 5.69 Å². The Morgan fingerprint density at radius 1 is 1.10 bits per heavy atom. The van der Waals surface area contributed by atoms with Gasteiger partial charge in [0.05, 0.1) is 6.54 Å². The zero-order valence-electron chi connectivity index (χ0n) is 11.9. The Morgan fingerprint density at radius 3 is 2.95 bits per heavy atom. The molecular weight excluding hydrogens is 280 g/mol. The quantitative estimate of drug-likeness (QED) is 0.851. The summed E-state index contributed by atoms with van der Waals surface area (Å²) in [6, 6.07) is 10.5. The minimum atomic E-state index is 0.235. The van der Waals surface area contributed by atoms with Crippen molar-refractivity contribution in [3.05, 3.63) is 51.7 Å². The van der Waals surface area contributed by atoms with Crippen LogP contribution in [0.5, 0.6) is 0 Å². The minimum absolute atomic E-state index is 0.235. The van der Waals surface area contributed by atoms with E-state index in [-0.39, 0.29) is 5.91 Å². The Bertz CT molecular complexity index is 679. The van der Waals surface area contributed by atoms with Gasteiger partial charge in [0.25, 0.3) is 0 Å². The smallest absolute Gasteiger partial charge is 0.241 e. The largest absolute Gasteiger partial charge is 0.311 e. The Hall–Kier alpha value is -1.65. The maximum atomic E-state index is 12.6. The molecule has 4 heteroatoms. The third kappa shape index (κ3) is 2.39. The molecule has 108 valence electrons. The highest BCUT2D eigenvalue weighted by molar-refractivity contribution is 7.10. The molecule has 0 unspecified atom stereocenters. The van der Waals surface area contributed by atoms with E-state index in [1.165, 1.54) is 16.0 Å². The van der Waals surface area contributed by atoms with Crippen molar-refractivity contribution in [2.45, 2.75) is 19.4 Å². The van der Waals surface area contributed by atoms with Crippen molar-refractivity contribution in [3.63, 3.8) is 0 Å². The average Bonchev–Trinajstić information content (AvgIpc) is 3.13. The highest BCUT2D eigenvalue weighted by Crippen LogP contribution is 2.28. The van der Waals surface area contributed by atoms with Gasteiger partial charge >= 0.3 is 0 Å². The molecule has 0 aliphatic carbocycles. The first-order chi connectivity index (χ1) is 10.3. The molecule has 0 bridgehead atoms. The average molecular weight is 298 g/mol. The second kappa shape index (κ2) is 5.28. The summed E-state index contributed by atoms with van der Waals surface area (Å²) < 4.78 is 0. The number of benzene rings is 1. The normalized spacial score (nSPS) is 17.6. The fourth-order valence-electron chi connectivity index (χ4n) is 3.32. The van der Waals surface area contributed by atoms with E-state index >= 15 is 0 Å². The number of thiophene rings is 1. The SMILES string of the molecule is O=C(CN1CCc2sccc2C1)N1CCc2ccccc21. The number of fused-ring (bicyclic) bond motifs is 2. The van der Waals surface area contributed by atoms with Crippen LogP contribution < -0.4 is 4.90 Å². The lowest BCUT2D eigenvalue weighted by Crippen LogP contribution is -2.41. The second-order valence-electron chi connectivity index (χ2n) is 5.75. The number of hydrogen-bond donors (Lipinski definition) is 0. The second-order valence-corrected chi connectivity index (χ2v) is 6.75. The molecule has 0 saturated carbocycles. The van der Waals surface area contributed by atoms with Crippen molar-refractivity contribution < 1.29 is 4.79 Å². The number of para-hydroxylation sites is 1. The van der Waals surface area contributed by atoms with Crippen LogP contribution in [0, 0.1) is 0 Å². The van der Waals surface area contributed by atoms with Crippen LogP contribution in [0.2, 0.25) is 0 Å². The van der Waals surface area contributed by atoms with Crippen LogP contribution in [0.25, 0.3) is 0 Å². The predicted octanol–water partition coefficient (Wildman–Crippen LogP) is 2.70. The number of anilines is 1. The number of carbonyl (C=O) groups is 1. The Labute approximate surface area is 128 Å². The molecule has 1 aromatic carbocycles. The summed E-state index contributed by atoms with van der Waals surface area (Å²) in [5.41, 5.74) is 3.81. The van der Waals surface area contributed by atoms with E-state index in [2.05, 4.69) is 34.5 Å². The van der Waals surface area contributed by atoms with Crippen LogP contribution in [0.3, 0.4) is 0 Å². The number of hydrogen-bond acceptors (Lipinski definition) is 3. The van der Waals surface area contributed by atoms with Gasteiger partial charge in [-0.1, -0.05) is 18.2 Å². The topological polar surface area (TPSA) is 23.6 Å². The molecule has 0 N–H and O–H groups in total. The van der Waals surface area contributed by atoms with Gasteiger partial charge in [0.1, 0.15) is 0 Å². The fourth-order valence-corrected chi connectivity index (χ4v) is 4.21. The van der Waals surface area contributed by atoms with Crippen molar-refractivity contribution in [2.75, 3.05) is 24.5 Å². The maximum Gasteiger partial charge on any atom is 0.241 e. The van der Waals surface area contributed by atoms with Gasteiger partial charge in [0.15, 0.2) is 0 Å². The van der Waals surface area contributed by atoms with E-state index in [1.54, 1.807) is 0 Å². The first-order valence-corrected chi connectivity index (χ1v) is 8.35. The standard InChI is InChI=1S/C17H18N2OS/c20-17(19-9-5-13-3-1-2-4-15(13)19)12-18-8-6-16-14(11-18)7-10-21-16/h1-4,7,10H,5-6,8-9,11-12H2. The number of carbonyl (C=O) groups excluding carboxylic acids is 1. The molecule has 0 fully saturated rings. The van der Waals surface area contributed by atoms with Gasteiger partial charge in [0.2, 0.25) is 5.91 Å². The highest BCUT2D eigenvalue weighted by atomic mass is 32.1. The molecule has 2 aliphatic rings. The van der Waals surface area contributed by atoms with E-state index < -0.39 is 0 Å². The van der Waals surface area contributed by atoms with E-state index in [0.29, 0.717) is 6.54 Å². The molecule has 21 heavy (non-hydrogen) atoms. The lowest BCUT2D eigenvalue weighted by molar-refractivity contribution is -0.119. The zero-order chi connectivity index (χ0) is 14.2. The van der Waals surface area contributed by atoms with Gasteiger partial charge in [-0.2, -0.15) is 0 Å². The molecule has 2 aromatic rings. The maximum absolute atomic E-state index is 12.6. The van der Waals surface area contributed by atoms with Gasteiger partial charge < -0.3 is 4.90 Å². The molecule has 1 aromatic heterocycles. The summed E-state index contributed by atoms with van der Waals surface area (Å²) in [6.45, 7) is 3.27. The third-order valence-corrected chi connectivity index (χ3v) is 5.46. The number of amides is 1. The minimum Gasteiger partial charge on any atom is -0.311 e. The first-order valence-electron chi connectivity index (χ1n) is 7.47. The summed E-state index contributed by atoms with van der Waals surface area (Å²) in [5.74, 6) is 0.235. The van der Waals surface area contributed by atoms with Crippen LogP contribution in [0.1, 0.15) is 16.0 Å². The molecule has 0 saturated heterocycles. The first kappa shape index (κ1) is 13.0. The van der Waals surface area contributed by atoms with Crippen molar-refractivity contribution in [2.24, 2.45) is 0 Å². The predicted molar refractivity (Wildman–Crippen MR) is 85.8 cm³/mol. The highest BCUT2D eigenvalue weighted by Gasteiger charge is 2.26. The van der Waals surface area contributed by atoms with Crippen LogP contribution in [0.15, 0.2) is 35.7 Å². The van der Waals surface area contributed by atoms with E-state index in [1.807, 2.05) is 22.3 Å². The Morgan fingerprint density at radius 2 is 2.00 bits per heavy atom. The number of nitrogens with zero attached hydrogens (tertiary/aromatic N) is 2. The van der Waals surface area contributed by atoms with E-state index in [0.717, 1.165) is 38.2 Å². The van der Waals surface area contributed by atoms with Gasteiger partial charge in [-0.25, -0.2) is 0 Å². The zero-order valence-corrected chi connectivity index (χ0v) is 12.7. The molecule has 3 nitrogen and oxygen atoms in total. The van der Waals surface area contributed by atoms with Gasteiger partial charge in [0, 0.05) is 30.2 Å². The molecule has 0 atom stereocenters. The molecule has 3 heterocycles. The lowest BCUT2D eigenvalue weighted by Gasteiger charge is -2.28. The van der Waals surface area contributed by atoms with Crippen molar-refractivity contribution in [1.29, 1.82) is 0 Å². The molecule has 1 amide bonds. The van der Waals surface area contributed by atoms with Crippen molar-refractivity contribution in [1.82, 2.24) is 4.90 Å². The molecule has 4 rings (SSSR count). The van der Waals surface area contributed by atoms with Crippen molar-refractivity contribution >= 4 is 22.9 Å². The number of rotatable bonds is 2. The Balaban J connectivity index is 1.46.